The average Bonchev–Trinajstić information content (AvgIpc) is 3.77. The van der Waals surface area contributed by atoms with Gasteiger partial charge in [-0.15, -0.1) is 0 Å². The quantitative estimate of drug-likeness (QED) is 0.105. The maximum Gasteiger partial charge on any atom is 0.330 e. The van der Waals surface area contributed by atoms with Crippen LogP contribution in [0.1, 0.15) is 18.9 Å². The summed E-state index contributed by atoms with van der Waals surface area (Å²) in [7, 11) is -5.15. The maximum absolute atomic E-state index is 12.4. The molecule has 3 saturated heterocycles. The zero-order valence-electron chi connectivity index (χ0n) is 23.0. The number of hydrogen-bond acceptors (Lipinski definition) is 18. The second-order valence-corrected chi connectivity index (χ2v) is 12.7. The molecule has 10 atom stereocenters. The van der Waals surface area contributed by atoms with E-state index in [1.807, 2.05) is 0 Å². The Morgan fingerprint density at radius 1 is 0.933 bits per heavy atom. The number of nitrogens with two attached hydrogens (primary N) is 2. The van der Waals surface area contributed by atoms with Crippen LogP contribution in [-0.2, 0) is 27.6 Å². The Morgan fingerprint density at radius 3 is 2.36 bits per heavy atom. The molecule has 0 saturated carbocycles. The van der Waals surface area contributed by atoms with Crippen LogP contribution in [0.2, 0.25) is 0 Å². The van der Waals surface area contributed by atoms with E-state index in [0.717, 1.165) is 0 Å². The van der Waals surface area contributed by atoms with Gasteiger partial charge in [0.25, 0.3) is 5.56 Å². The lowest BCUT2D eigenvalue weighted by atomic mass is 9.95. The SMILES string of the molecule is Nc1nc2c(ncn2C2OC3COP(O)OC4C(COP(O)OC2C3CCS)OC(n2cnc3c(N)ncnc32)C4O)c(=O)[nH]1. The number of thiol groups is 1. The summed E-state index contributed by atoms with van der Waals surface area (Å²) in [6.45, 7) is -0.474. The number of aliphatic hydroxyl groups is 1. The zero-order chi connectivity index (χ0) is 31.4. The number of anilines is 2. The number of aliphatic hydroxyl groups excluding tert-OH is 1. The summed E-state index contributed by atoms with van der Waals surface area (Å²) in [5, 5.41) is 11.3. The number of nitrogen functional groups attached to an aromatic ring is 2. The number of hydrogen-bond donors (Lipinski definition) is 7. The monoisotopic (exact) mass is 686 g/mol. The number of aromatic nitrogens is 8. The number of imidazole rings is 2. The molecule has 45 heavy (non-hydrogen) atoms. The molecule has 7 heterocycles. The molecule has 20 nitrogen and oxygen atoms in total. The molecule has 23 heteroatoms. The standard InChI is InChI=1S/C22H28N10O10P2S/c23-16-11-17(26-5-25-16)31(6-27-11)20-13(33)15-10(40-20)4-38-43(35)41-14-8(1-2-45)9(3-37-44(36)42-15)39-21(14)32-7-28-12-18(32)29-22(24)30-19(12)34/h5-10,13-15,20-21,33,35-36,45H,1-4H2,(H2,23,25,26)(H3,24,29,30,34). The van der Waals surface area contributed by atoms with E-state index in [-0.39, 0.29) is 36.1 Å². The minimum absolute atomic E-state index is 0.0264. The van der Waals surface area contributed by atoms with Gasteiger partial charge < -0.3 is 53.9 Å². The van der Waals surface area contributed by atoms with E-state index in [0.29, 0.717) is 23.3 Å². The Morgan fingerprint density at radius 2 is 1.60 bits per heavy atom. The Bertz CT molecular complexity index is 1750. The minimum atomic E-state index is -2.57. The first-order valence-corrected chi connectivity index (χ1v) is 16.5. The van der Waals surface area contributed by atoms with Crippen molar-refractivity contribution in [1.29, 1.82) is 0 Å². The van der Waals surface area contributed by atoms with Crippen molar-refractivity contribution in [2.45, 2.75) is 49.4 Å². The Kier molecular flexibility index (Phi) is 8.61. The van der Waals surface area contributed by atoms with Gasteiger partial charge in [0, 0.05) is 5.92 Å². The molecule has 4 aromatic rings. The number of H-pyrrole nitrogens is 1. The van der Waals surface area contributed by atoms with Crippen LogP contribution >= 0.6 is 29.8 Å². The molecule has 242 valence electrons. The van der Waals surface area contributed by atoms with Crippen molar-refractivity contribution in [3.63, 3.8) is 0 Å². The van der Waals surface area contributed by atoms with Gasteiger partial charge in [-0.2, -0.15) is 17.6 Å². The summed E-state index contributed by atoms with van der Waals surface area (Å²) in [6.07, 6.45) is -2.66. The third kappa shape index (κ3) is 5.66. The van der Waals surface area contributed by atoms with Gasteiger partial charge in [0.1, 0.15) is 36.3 Å². The van der Waals surface area contributed by atoms with Crippen molar-refractivity contribution in [2.75, 3.05) is 30.4 Å². The van der Waals surface area contributed by atoms with Crippen LogP contribution in [0.5, 0.6) is 0 Å². The molecule has 8 N–H and O–H groups in total. The molecule has 0 radical (unpaired) electrons. The Labute approximate surface area is 260 Å². The van der Waals surface area contributed by atoms with Crippen LogP contribution in [0, 0.1) is 5.92 Å². The highest BCUT2D eigenvalue weighted by atomic mass is 32.1. The molecule has 0 amide bonds. The van der Waals surface area contributed by atoms with Crippen LogP contribution in [0.4, 0.5) is 11.8 Å². The highest BCUT2D eigenvalue weighted by Gasteiger charge is 2.51. The number of ether oxygens (including phenoxy) is 2. The highest BCUT2D eigenvalue weighted by molar-refractivity contribution is 7.80. The molecular weight excluding hydrogens is 658 g/mol. The van der Waals surface area contributed by atoms with Crippen molar-refractivity contribution in [1.82, 2.24) is 39.0 Å². The average molecular weight is 687 g/mol. The van der Waals surface area contributed by atoms with E-state index >= 15 is 0 Å². The van der Waals surface area contributed by atoms with Crippen molar-refractivity contribution in [3.8, 4) is 0 Å². The lowest BCUT2D eigenvalue weighted by Gasteiger charge is -2.26. The Balaban J connectivity index is 1.17. The number of aromatic amines is 1. The van der Waals surface area contributed by atoms with E-state index in [1.165, 1.54) is 28.1 Å². The molecule has 3 aliphatic rings. The third-order valence-corrected chi connectivity index (χ3v) is 9.62. The summed E-state index contributed by atoms with van der Waals surface area (Å²) in [4.78, 5) is 57.3. The molecule has 3 fully saturated rings. The second-order valence-electron chi connectivity index (χ2n) is 10.4. The van der Waals surface area contributed by atoms with Gasteiger partial charge in [0.2, 0.25) is 5.95 Å². The molecule has 0 aliphatic carbocycles. The molecule has 3 aliphatic heterocycles. The normalized spacial score (nSPS) is 34.4. The van der Waals surface area contributed by atoms with Crippen molar-refractivity contribution in [3.05, 3.63) is 29.3 Å². The van der Waals surface area contributed by atoms with Gasteiger partial charge >= 0.3 is 17.2 Å². The van der Waals surface area contributed by atoms with Gasteiger partial charge in [0.15, 0.2) is 35.1 Å². The highest BCUT2D eigenvalue weighted by Crippen LogP contribution is 2.50. The fourth-order valence-electron chi connectivity index (χ4n) is 5.74. The lowest BCUT2D eigenvalue weighted by Crippen LogP contribution is -2.35. The van der Waals surface area contributed by atoms with Crippen LogP contribution in [-0.4, -0.2) is 103 Å². The van der Waals surface area contributed by atoms with Crippen LogP contribution in [0.15, 0.2) is 23.8 Å². The van der Waals surface area contributed by atoms with Gasteiger partial charge in [0.05, 0.1) is 32.0 Å². The van der Waals surface area contributed by atoms with Crippen LogP contribution < -0.4 is 17.0 Å². The van der Waals surface area contributed by atoms with E-state index in [1.54, 1.807) is 0 Å². The first-order valence-electron chi connectivity index (χ1n) is 13.6. The van der Waals surface area contributed by atoms with Crippen molar-refractivity contribution in [2.24, 2.45) is 5.92 Å². The van der Waals surface area contributed by atoms with E-state index in [2.05, 4.69) is 42.5 Å². The summed E-state index contributed by atoms with van der Waals surface area (Å²) < 4.78 is 38.6. The first kappa shape index (κ1) is 31.0. The second kappa shape index (κ2) is 12.5. The van der Waals surface area contributed by atoms with E-state index in [4.69, 9.17) is 39.0 Å². The first-order chi connectivity index (χ1) is 21.7. The maximum atomic E-state index is 12.4. The largest absolute Gasteiger partial charge is 0.386 e. The molecule has 0 aromatic carbocycles. The molecule has 4 aromatic heterocycles. The van der Waals surface area contributed by atoms with Crippen molar-refractivity contribution >= 4 is 63.9 Å². The van der Waals surface area contributed by atoms with E-state index in [9.17, 15) is 19.7 Å². The summed E-state index contributed by atoms with van der Waals surface area (Å²) in [5.41, 5.74) is 11.9. The summed E-state index contributed by atoms with van der Waals surface area (Å²) in [5.74, 6) is 0.0150. The minimum Gasteiger partial charge on any atom is -0.386 e. The van der Waals surface area contributed by atoms with Crippen LogP contribution in [0.25, 0.3) is 22.3 Å². The molecule has 0 spiro atoms. The predicted octanol–water partition coefficient (Wildman–Crippen LogP) is -0.529. The predicted molar refractivity (Wildman–Crippen MR) is 158 cm³/mol. The summed E-state index contributed by atoms with van der Waals surface area (Å²) in [6, 6.07) is 0. The molecular formula is C22H28N10O10P2S. The summed E-state index contributed by atoms with van der Waals surface area (Å²) >= 11 is 4.38. The fourth-order valence-corrected chi connectivity index (χ4v) is 7.65. The smallest absolute Gasteiger partial charge is 0.330 e. The fraction of sp³-hybridized carbons (Fsp3) is 0.545. The zero-order valence-corrected chi connectivity index (χ0v) is 25.7. The lowest BCUT2D eigenvalue weighted by molar-refractivity contribution is -0.0598. The third-order valence-electron chi connectivity index (χ3n) is 7.77. The van der Waals surface area contributed by atoms with Gasteiger partial charge in [-0.05, 0) is 12.2 Å². The topological polar surface area (TPSA) is 275 Å². The number of nitrogens with zero attached hydrogens (tertiary/aromatic N) is 7. The number of fused-ring (bicyclic) bond motifs is 5. The number of nitrogens with one attached hydrogen (secondary N) is 1. The molecule has 2 bridgehead atoms. The van der Waals surface area contributed by atoms with Gasteiger partial charge in [-0.1, -0.05) is 0 Å². The van der Waals surface area contributed by atoms with Gasteiger partial charge in [-0.25, -0.2) is 19.9 Å². The molecule has 10 unspecified atom stereocenters. The Hall–Kier alpha value is -2.65. The van der Waals surface area contributed by atoms with Gasteiger partial charge in [-0.3, -0.25) is 18.9 Å². The van der Waals surface area contributed by atoms with Crippen molar-refractivity contribution < 1.29 is 42.5 Å². The van der Waals surface area contributed by atoms with Crippen LogP contribution in [0.3, 0.4) is 0 Å². The van der Waals surface area contributed by atoms with E-state index < -0.39 is 71.7 Å². The molecule has 7 rings (SSSR count). The number of rotatable bonds is 4.